The third-order valence-corrected chi connectivity index (χ3v) is 3.39. The van der Waals surface area contributed by atoms with Crippen LogP contribution in [0.25, 0.3) is 6.08 Å². The van der Waals surface area contributed by atoms with E-state index in [0.717, 1.165) is 42.6 Å². The molecule has 0 heterocycles. The number of rotatable bonds is 9. The zero-order valence-corrected chi connectivity index (χ0v) is 13.1. The van der Waals surface area contributed by atoms with Gasteiger partial charge in [0.2, 0.25) is 0 Å². The van der Waals surface area contributed by atoms with E-state index in [0.29, 0.717) is 0 Å². The summed E-state index contributed by atoms with van der Waals surface area (Å²) in [6.07, 6.45) is 5.11. The van der Waals surface area contributed by atoms with Gasteiger partial charge in [-0.05, 0) is 43.3 Å². The largest absolute Gasteiger partial charge is 0.496 e. The Morgan fingerprint density at radius 1 is 1.38 bits per heavy atom. The normalized spacial score (nSPS) is 11.2. The molecule has 4 nitrogen and oxygen atoms in total. The molecule has 1 N–H and O–H groups in total. The van der Waals surface area contributed by atoms with Gasteiger partial charge in [0, 0.05) is 18.2 Å². The molecule has 0 bridgehead atoms. The predicted octanol–water partition coefficient (Wildman–Crippen LogP) is 3.42. The summed E-state index contributed by atoms with van der Waals surface area (Å²) in [5, 5.41) is 8.71. The van der Waals surface area contributed by atoms with Crippen molar-refractivity contribution in [1.29, 1.82) is 0 Å². The van der Waals surface area contributed by atoms with Crippen LogP contribution in [-0.2, 0) is 11.3 Å². The van der Waals surface area contributed by atoms with E-state index in [2.05, 4.69) is 18.7 Å². The van der Waals surface area contributed by atoms with Crippen molar-refractivity contribution in [3.05, 3.63) is 35.4 Å². The highest BCUT2D eigenvalue weighted by molar-refractivity contribution is 5.85. The molecule has 1 aromatic rings. The first-order valence-corrected chi connectivity index (χ1v) is 7.41. The second kappa shape index (κ2) is 9.19. The SMILES string of the molecule is CCCCN(CC)Cc1cc(C=CC(=O)O)ccc1OC. The molecule has 0 aliphatic carbocycles. The number of methoxy groups -OCH3 is 1. The smallest absolute Gasteiger partial charge is 0.328 e. The molecule has 0 unspecified atom stereocenters. The van der Waals surface area contributed by atoms with Gasteiger partial charge in [-0.15, -0.1) is 0 Å². The van der Waals surface area contributed by atoms with Gasteiger partial charge in [0.15, 0.2) is 0 Å². The number of ether oxygens (including phenoxy) is 1. The van der Waals surface area contributed by atoms with E-state index in [1.807, 2.05) is 18.2 Å². The van der Waals surface area contributed by atoms with Crippen molar-refractivity contribution in [2.75, 3.05) is 20.2 Å². The quantitative estimate of drug-likeness (QED) is 0.708. The molecule has 4 heteroatoms. The molecule has 0 aliphatic rings. The van der Waals surface area contributed by atoms with Crippen LogP contribution in [0.4, 0.5) is 0 Å². The molecule has 0 aromatic heterocycles. The van der Waals surface area contributed by atoms with E-state index in [1.54, 1.807) is 13.2 Å². The first kappa shape index (κ1) is 17.2. The Morgan fingerprint density at radius 3 is 2.71 bits per heavy atom. The van der Waals surface area contributed by atoms with Crippen molar-refractivity contribution in [2.24, 2.45) is 0 Å². The highest BCUT2D eigenvalue weighted by atomic mass is 16.5. The molecular formula is C17H25NO3. The number of benzene rings is 1. The molecule has 1 rings (SSSR count). The van der Waals surface area contributed by atoms with Gasteiger partial charge in [-0.1, -0.05) is 26.3 Å². The summed E-state index contributed by atoms with van der Waals surface area (Å²) in [7, 11) is 1.66. The van der Waals surface area contributed by atoms with Crippen LogP contribution in [0, 0.1) is 0 Å². The molecule has 0 atom stereocenters. The maximum atomic E-state index is 10.6. The van der Waals surface area contributed by atoms with Crippen LogP contribution >= 0.6 is 0 Å². The molecule has 0 fully saturated rings. The lowest BCUT2D eigenvalue weighted by atomic mass is 10.1. The van der Waals surface area contributed by atoms with Crippen LogP contribution in [0.5, 0.6) is 5.75 Å². The summed E-state index contributed by atoms with van der Waals surface area (Å²) in [6, 6.07) is 5.75. The Labute approximate surface area is 127 Å². The fraction of sp³-hybridized carbons (Fsp3) is 0.471. The Hall–Kier alpha value is -1.81. The van der Waals surface area contributed by atoms with Crippen molar-refractivity contribution < 1.29 is 14.6 Å². The molecule has 0 amide bonds. The third kappa shape index (κ3) is 6.00. The Balaban J connectivity index is 2.91. The first-order chi connectivity index (χ1) is 10.1. The van der Waals surface area contributed by atoms with Crippen LogP contribution in [0.2, 0.25) is 0 Å². The zero-order chi connectivity index (χ0) is 15.7. The van der Waals surface area contributed by atoms with E-state index in [9.17, 15) is 4.79 Å². The molecule has 116 valence electrons. The minimum absolute atomic E-state index is 0.814. The zero-order valence-electron chi connectivity index (χ0n) is 13.1. The number of nitrogens with zero attached hydrogens (tertiary/aromatic N) is 1. The van der Waals surface area contributed by atoms with Gasteiger partial charge in [-0.2, -0.15) is 0 Å². The van der Waals surface area contributed by atoms with E-state index < -0.39 is 5.97 Å². The van der Waals surface area contributed by atoms with Gasteiger partial charge < -0.3 is 9.84 Å². The van der Waals surface area contributed by atoms with Crippen LogP contribution in [0.15, 0.2) is 24.3 Å². The van der Waals surface area contributed by atoms with Crippen molar-refractivity contribution in [2.45, 2.75) is 33.2 Å². The van der Waals surface area contributed by atoms with Crippen LogP contribution in [-0.4, -0.2) is 36.2 Å². The van der Waals surface area contributed by atoms with Crippen molar-refractivity contribution in [3.8, 4) is 5.75 Å². The molecule has 0 aliphatic heterocycles. The van der Waals surface area contributed by atoms with Gasteiger partial charge >= 0.3 is 5.97 Å². The van der Waals surface area contributed by atoms with Crippen LogP contribution < -0.4 is 4.74 Å². The Morgan fingerprint density at radius 2 is 2.14 bits per heavy atom. The highest BCUT2D eigenvalue weighted by Crippen LogP contribution is 2.22. The lowest BCUT2D eigenvalue weighted by Gasteiger charge is -2.21. The monoisotopic (exact) mass is 291 g/mol. The molecule has 0 spiro atoms. The van der Waals surface area contributed by atoms with E-state index in [4.69, 9.17) is 9.84 Å². The maximum absolute atomic E-state index is 10.6. The first-order valence-electron chi connectivity index (χ1n) is 7.41. The lowest BCUT2D eigenvalue weighted by Crippen LogP contribution is -2.24. The second-order valence-corrected chi connectivity index (χ2v) is 4.97. The van der Waals surface area contributed by atoms with E-state index in [1.165, 1.54) is 12.8 Å². The molecule has 0 radical (unpaired) electrons. The second-order valence-electron chi connectivity index (χ2n) is 4.97. The maximum Gasteiger partial charge on any atom is 0.328 e. The molecule has 21 heavy (non-hydrogen) atoms. The third-order valence-electron chi connectivity index (χ3n) is 3.39. The lowest BCUT2D eigenvalue weighted by molar-refractivity contribution is -0.131. The van der Waals surface area contributed by atoms with Crippen molar-refractivity contribution >= 4 is 12.0 Å². The number of hydrogen-bond acceptors (Lipinski definition) is 3. The average Bonchev–Trinajstić information content (AvgIpc) is 2.49. The average molecular weight is 291 g/mol. The van der Waals surface area contributed by atoms with Gasteiger partial charge in [-0.25, -0.2) is 4.79 Å². The highest BCUT2D eigenvalue weighted by Gasteiger charge is 2.09. The fourth-order valence-corrected chi connectivity index (χ4v) is 2.16. The Bertz CT molecular complexity index is 483. The van der Waals surface area contributed by atoms with Gasteiger partial charge in [0.25, 0.3) is 0 Å². The summed E-state index contributed by atoms with van der Waals surface area (Å²) in [6.45, 7) is 7.19. The number of carboxylic acid groups (broad SMARTS) is 1. The molecule has 0 saturated carbocycles. The summed E-state index contributed by atoms with van der Waals surface area (Å²) in [5.74, 6) is -0.0945. The predicted molar refractivity (Wildman–Crippen MR) is 85.5 cm³/mol. The topological polar surface area (TPSA) is 49.8 Å². The molecule has 1 aromatic carbocycles. The number of carboxylic acids is 1. The van der Waals surface area contributed by atoms with Crippen molar-refractivity contribution in [3.63, 3.8) is 0 Å². The van der Waals surface area contributed by atoms with Gasteiger partial charge in [-0.3, -0.25) is 4.90 Å². The Kier molecular flexibility index (Phi) is 7.54. The van der Waals surface area contributed by atoms with E-state index >= 15 is 0 Å². The summed E-state index contributed by atoms with van der Waals surface area (Å²) >= 11 is 0. The number of unbranched alkanes of at least 4 members (excludes halogenated alkanes) is 1. The van der Waals surface area contributed by atoms with Gasteiger partial charge in [0.1, 0.15) is 5.75 Å². The van der Waals surface area contributed by atoms with E-state index in [-0.39, 0.29) is 0 Å². The minimum Gasteiger partial charge on any atom is -0.496 e. The van der Waals surface area contributed by atoms with Gasteiger partial charge in [0.05, 0.1) is 7.11 Å². The van der Waals surface area contributed by atoms with Crippen LogP contribution in [0.1, 0.15) is 37.8 Å². The number of hydrogen-bond donors (Lipinski definition) is 1. The fourth-order valence-electron chi connectivity index (χ4n) is 2.16. The summed E-state index contributed by atoms with van der Waals surface area (Å²) in [5.41, 5.74) is 1.96. The van der Waals surface area contributed by atoms with Crippen molar-refractivity contribution in [1.82, 2.24) is 4.90 Å². The summed E-state index contributed by atoms with van der Waals surface area (Å²) in [4.78, 5) is 13.0. The minimum atomic E-state index is -0.939. The standard InChI is InChI=1S/C17H25NO3/c1-4-6-11-18(5-2)13-15-12-14(8-10-17(19)20)7-9-16(15)21-3/h7-10,12H,4-6,11,13H2,1-3H3,(H,19,20). The molecule has 0 saturated heterocycles. The molecular weight excluding hydrogens is 266 g/mol. The summed E-state index contributed by atoms with van der Waals surface area (Å²) < 4.78 is 5.41. The number of carbonyl (C=O) groups is 1. The number of aliphatic carboxylic acids is 1. The van der Waals surface area contributed by atoms with Crippen LogP contribution in [0.3, 0.4) is 0 Å².